The van der Waals surface area contributed by atoms with Crippen LogP contribution in [-0.2, 0) is 6.42 Å². The highest BCUT2D eigenvalue weighted by Crippen LogP contribution is 2.20. The van der Waals surface area contributed by atoms with Gasteiger partial charge in [-0.2, -0.15) is 0 Å². The van der Waals surface area contributed by atoms with E-state index < -0.39 is 0 Å². The predicted molar refractivity (Wildman–Crippen MR) is 81.0 cm³/mol. The number of rotatable bonds is 2. The first-order valence-corrected chi connectivity index (χ1v) is 6.96. The fourth-order valence-electron chi connectivity index (χ4n) is 2.32. The van der Waals surface area contributed by atoms with Crippen LogP contribution in [-0.4, -0.2) is 25.0 Å². The van der Waals surface area contributed by atoms with Crippen molar-refractivity contribution in [2.45, 2.75) is 33.1 Å². The van der Waals surface area contributed by atoms with Gasteiger partial charge in [0.05, 0.1) is 0 Å². The first-order valence-electron chi connectivity index (χ1n) is 6.96. The minimum Gasteiger partial charge on any atom is -0.306 e. The van der Waals surface area contributed by atoms with E-state index in [1.54, 1.807) is 6.08 Å². The zero-order chi connectivity index (χ0) is 13.4. The maximum Gasteiger partial charge on any atom is -0.00190 e. The maximum absolute atomic E-state index is 3.36. The summed E-state index contributed by atoms with van der Waals surface area (Å²) in [6.07, 6.45) is 5.75. The van der Waals surface area contributed by atoms with Crippen LogP contribution >= 0.6 is 0 Å². The van der Waals surface area contributed by atoms with Gasteiger partial charge in [0.2, 0.25) is 0 Å². The van der Waals surface area contributed by atoms with Crippen molar-refractivity contribution in [2.75, 3.05) is 20.1 Å². The van der Waals surface area contributed by atoms with Crippen molar-refractivity contribution in [3.8, 4) is 0 Å². The van der Waals surface area contributed by atoms with Crippen LogP contribution in [0.4, 0.5) is 0 Å². The number of nitrogens with zero attached hydrogens (tertiary/aromatic N) is 1. The van der Waals surface area contributed by atoms with Gasteiger partial charge < -0.3 is 4.90 Å². The monoisotopic (exact) mass is 245 g/mol. The van der Waals surface area contributed by atoms with Crippen LogP contribution in [0.5, 0.6) is 0 Å². The van der Waals surface area contributed by atoms with E-state index >= 15 is 0 Å². The number of benzene rings is 1. The molecule has 0 radical (unpaired) electrons. The second kappa shape index (κ2) is 8.10. The molecule has 1 aliphatic heterocycles. The minimum atomic E-state index is 0.906. The Morgan fingerprint density at radius 1 is 1.22 bits per heavy atom. The molecular formula is C17H27N. The second-order valence-electron chi connectivity index (χ2n) is 5.34. The molecular weight excluding hydrogens is 218 g/mol. The van der Waals surface area contributed by atoms with E-state index in [0.717, 1.165) is 5.92 Å². The van der Waals surface area contributed by atoms with E-state index in [-0.39, 0.29) is 0 Å². The van der Waals surface area contributed by atoms with Gasteiger partial charge in [0.1, 0.15) is 0 Å². The lowest BCUT2D eigenvalue weighted by atomic mass is 9.90. The Hall–Kier alpha value is -1.08. The van der Waals surface area contributed by atoms with E-state index in [4.69, 9.17) is 0 Å². The Morgan fingerprint density at radius 3 is 2.22 bits per heavy atom. The van der Waals surface area contributed by atoms with Gasteiger partial charge in [0, 0.05) is 0 Å². The van der Waals surface area contributed by atoms with Crippen molar-refractivity contribution in [1.29, 1.82) is 0 Å². The van der Waals surface area contributed by atoms with Crippen molar-refractivity contribution in [2.24, 2.45) is 5.92 Å². The Morgan fingerprint density at radius 2 is 1.72 bits per heavy atom. The normalized spacial score (nSPS) is 16.8. The van der Waals surface area contributed by atoms with Crippen molar-refractivity contribution >= 4 is 0 Å². The molecule has 100 valence electrons. The summed E-state index contributed by atoms with van der Waals surface area (Å²) in [5, 5.41) is 0. The van der Waals surface area contributed by atoms with Crippen LogP contribution in [0.2, 0.25) is 0 Å². The number of likely N-dealkylation sites (tertiary alicyclic amines) is 1. The first kappa shape index (κ1) is 15.0. The average molecular weight is 245 g/mol. The van der Waals surface area contributed by atoms with Crippen molar-refractivity contribution in [3.63, 3.8) is 0 Å². The van der Waals surface area contributed by atoms with Crippen molar-refractivity contribution in [3.05, 3.63) is 48.0 Å². The van der Waals surface area contributed by atoms with Gasteiger partial charge in [-0.1, -0.05) is 35.9 Å². The molecule has 0 saturated carbocycles. The first-order chi connectivity index (χ1) is 8.65. The van der Waals surface area contributed by atoms with E-state index in [2.05, 4.69) is 49.7 Å². The molecule has 0 unspecified atom stereocenters. The number of hydrogen-bond acceptors (Lipinski definition) is 1. The molecule has 1 aliphatic rings. The Bertz CT molecular complexity index is 331. The van der Waals surface area contributed by atoms with Crippen LogP contribution in [0.25, 0.3) is 0 Å². The van der Waals surface area contributed by atoms with Crippen LogP contribution in [0, 0.1) is 12.8 Å². The zero-order valence-electron chi connectivity index (χ0n) is 12.2. The summed E-state index contributed by atoms with van der Waals surface area (Å²) in [6, 6.07) is 9.02. The molecule has 0 N–H and O–H groups in total. The fourth-order valence-corrected chi connectivity index (χ4v) is 2.32. The molecule has 0 amide bonds. The quantitative estimate of drug-likeness (QED) is 0.710. The smallest absolute Gasteiger partial charge is 0.00190 e. The van der Waals surface area contributed by atoms with Gasteiger partial charge in [0.15, 0.2) is 0 Å². The lowest BCUT2D eigenvalue weighted by Crippen LogP contribution is -2.30. The molecule has 0 aliphatic carbocycles. The molecule has 1 heteroatoms. The van der Waals surface area contributed by atoms with Gasteiger partial charge in [-0.25, -0.2) is 0 Å². The predicted octanol–water partition coefficient (Wildman–Crippen LogP) is 4.07. The standard InChI is InChI=1S/C14H21N.C3H6/c1-12-3-5-13(6-4-12)11-14-7-9-15(2)10-8-14;1-3-2/h3-6,14H,7-11H2,1-2H3;3H,1H2,2H3. The van der Waals surface area contributed by atoms with Crippen molar-refractivity contribution in [1.82, 2.24) is 4.90 Å². The van der Waals surface area contributed by atoms with Gasteiger partial charge in [-0.05, 0) is 64.7 Å². The molecule has 1 heterocycles. The minimum absolute atomic E-state index is 0.906. The Labute approximate surface area is 113 Å². The molecule has 18 heavy (non-hydrogen) atoms. The summed E-state index contributed by atoms with van der Waals surface area (Å²) >= 11 is 0. The summed E-state index contributed by atoms with van der Waals surface area (Å²) < 4.78 is 0. The lowest BCUT2D eigenvalue weighted by molar-refractivity contribution is 0.219. The lowest BCUT2D eigenvalue weighted by Gasteiger charge is -2.28. The van der Waals surface area contributed by atoms with Crippen LogP contribution < -0.4 is 0 Å². The molecule has 2 rings (SSSR count). The summed E-state index contributed by atoms with van der Waals surface area (Å²) in [6.45, 7) is 9.95. The van der Waals surface area contributed by atoms with Crippen molar-refractivity contribution < 1.29 is 0 Å². The zero-order valence-corrected chi connectivity index (χ0v) is 12.2. The topological polar surface area (TPSA) is 3.24 Å². The van der Waals surface area contributed by atoms with Crippen LogP contribution in [0.15, 0.2) is 36.9 Å². The molecule has 0 aromatic heterocycles. The van der Waals surface area contributed by atoms with Crippen LogP contribution in [0.1, 0.15) is 30.9 Å². The Kier molecular flexibility index (Phi) is 6.74. The number of piperidine rings is 1. The Balaban J connectivity index is 0.000000492. The number of aryl methyl sites for hydroxylation is 1. The summed E-state index contributed by atoms with van der Waals surface area (Å²) in [7, 11) is 2.22. The summed E-state index contributed by atoms with van der Waals surface area (Å²) in [5.41, 5.74) is 2.87. The molecule has 1 aromatic rings. The third-order valence-electron chi connectivity index (χ3n) is 3.48. The number of allylic oxidation sites excluding steroid dienone is 1. The summed E-state index contributed by atoms with van der Waals surface area (Å²) in [4.78, 5) is 2.44. The molecule has 0 atom stereocenters. The third-order valence-corrected chi connectivity index (χ3v) is 3.48. The number of hydrogen-bond donors (Lipinski definition) is 0. The summed E-state index contributed by atoms with van der Waals surface area (Å²) in [5.74, 6) is 0.906. The van der Waals surface area contributed by atoms with Gasteiger partial charge in [0.25, 0.3) is 0 Å². The second-order valence-corrected chi connectivity index (χ2v) is 5.34. The molecule has 0 bridgehead atoms. The molecule has 0 spiro atoms. The molecule has 1 saturated heterocycles. The molecule has 1 nitrogen and oxygen atoms in total. The van der Waals surface area contributed by atoms with Gasteiger partial charge in [-0.15, -0.1) is 6.58 Å². The van der Waals surface area contributed by atoms with E-state index in [9.17, 15) is 0 Å². The highest BCUT2D eigenvalue weighted by atomic mass is 15.1. The largest absolute Gasteiger partial charge is 0.306 e. The third kappa shape index (κ3) is 5.50. The van der Waals surface area contributed by atoms with E-state index in [1.807, 2.05) is 6.92 Å². The molecule has 1 fully saturated rings. The van der Waals surface area contributed by atoms with Crippen LogP contribution in [0.3, 0.4) is 0 Å². The van der Waals surface area contributed by atoms with E-state index in [1.165, 1.54) is 43.5 Å². The fraction of sp³-hybridized carbons (Fsp3) is 0.529. The van der Waals surface area contributed by atoms with Gasteiger partial charge >= 0.3 is 0 Å². The highest BCUT2D eigenvalue weighted by molar-refractivity contribution is 5.21. The maximum atomic E-state index is 3.36. The molecule has 1 aromatic carbocycles. The SMILES string of the molecule is C=CC.Cc1ccc(CC2CCN(C)CC2)cc1. The highest BCUT2D eigenvalue weighted by Gasteiger charge is 2.16. The van der Waals surface area contributed by atoms with E-state index in [0.29, 0.717) is 0 Å². The van der Waals surface area contributed by atoms with Gasteiger partial charge in [-0.3, -0.25) is 0 Å². The average Bonchev–Trinajstić information content (AvgIpc) is 2.36.